The van der Waals surface area contributed by atoms with E-state index >= 15 is 0 Å². The number of rotatable bonds is 3. The molecule has 2 aromatic carbocycles. The van der Waals surface area contributed by atoms with Crippen LogP contribution in [0.3, 0.4) is 0 Å². The minimum atomic E-state index is -0.586. The lowest BCUT2D eigenvalue weighted by Crippen LogP contribution is -2.50. The Morgan fingerprint density at radius 2 is 1.76 bits per heavy atom. The number of fused-ring (bicyclic) bond motifs is 3. The normalized spacial score (nSPS) is 20.4. The summed E-state index contributed by atoms with van der Waals surface area (Å²) in [4.78, 5) is 17.3. The molecule has 0 unspecified atom stereocenters. The molecule has 0 radical (unpaired) electrons. The van der Waals surface area contributed by atoms with Crippen molar-refractivity contribution in [3.63, 3.8) is 0 Å². The zero-order valence-corrected chi connectivity index (χ0v) is 19.1. The fourth-order valence-corrected chi connectivity index (χ4v) is 4.72. The van der Waals surface area contributed by atoms with Crippen molar-refractivity contribution in [2.75, 3.05) is 13.1 Å². The summed E-state index contributed by atoms with van der Waals surface area (Å²) in [5.41, 5.74) is 3.12. The quantitative estimate of drug-likeness (QED) is 0.598. The Morgan fingerprint density at radius 3 is 2.45 bits per heavy atom. The second-order valence-corrected chi connectivity index (χ2v) is 9.76. The summed E-state index contributed by atoms with van der Waals surface area (Å²) in [6, 6.07) is 16.4. The minimum absolute atomic E-state index is 0.0355. The summed E-state index contributed by atoms with van der Waals surface area (Å²) in [6.45, 7) is 8.09. The molecule has 1 saturated heterocycles. The first kappa shape index (κ1) is 21.6. The van der Waals surface area contributed by atoms with Crippen molar-refractivity contribution in [1.29, 1.82) is 0 Å². The monoisotopic (exact) mass is 449 g/mol. The summed E-state index contributed by atoms with van der Waals surface area (Å²) in [6.07, 6.45) is -0.326. The van der Waals surface area contributed by atoms with Crippen LogP contribution in [0.25, 0.3) is 11.3 Å². The van der Waals surface area contributed by atoms with E-state index in [-0.39, 0.29) is 24.0 Å². The highest BCUT2D eigenvalue weighted by Gasteiger charge is 2.46. The third kappa shape index (κ3) is 4.35. The fraction of sp³-hybridized carbons (Fsp3) is 0.400. The molecule has 0 spiro atoms. The van der Waals surface area contributed by atoms with E-state index in [4.69, 9.17) is 4.74 Å². The molecule has 172 valence electrons. The van der Waals surface area contributed by atoms with Crippen LogP contribution in [-0.4, -0.2) is 55.6 Å². The van der Waals surface area contributed by atoms with Gasteiger partial charge in [0.25, 0.3) is 0 Å². The van der Waals surface area contributed by atoms with Crippen molar-refractivity contribution in [2.24, 2.45) is 0 Å². The van der Waals surface area contributed by atoms with Crippen LogP contribution in [0.4, 0.5) is 9.18 Å². The van der Waals surface area contributed by atoms with Gasteiger partial charge in [0.1, 0.15) is 17.1 Å². The smallest absolute Gasteiger partial charge is 0.411 e. The van der Waals surface area contributed by atoms with Gasteiger partial charge < -0.3 is 4.74 Å². The van der Waals surface area contributed by atoms with Gasteiger partial charge in [-0.05, 0) is 38.5 Å². The van der Waals surface area contributed by atoms with E-state index in [0.29, 0.717) is 26.2 Å². The van der Waals surface area contributed by atoms with Crippen molar-refractivity contribution >= 4 is 6.09 Å². The van der Waals surface area contributed by atoms with Crippen LogP contribution < -0.4 is 0 Å². The molecule has 0 aliphatic carbocycles. The first-order valence-corrected chi connectivity index (χ1v) is 11.2. The lowest BCUT2D eigenvalue weighted by molar-refractivity contribution is 0.00539. The maximum Gasteiger partial charge on any atom is 0.411 e. The number of ether oxygens (including phenoxy) is 1. The molecular weight excluding hydrogens is 421 g/mol. The standard InChI is InChI=1S/C25H28FN5O2/c1-25(2,3)33-24(32)30-16-22-23(18-7-5-4-6-8-18)27-28-31(22)21-15-29(14-20(21)30)13-17-9-11-19(26)12-10-17/h4-12,20-21H,13-16H2,1-3H3/t20-,21-/m1/s1. The van der Waals surface area contributed by atoms with Gasteiger partial charge in [-0.15, -0.1) is 5.10 Å². The Bertz CT molecular complexity index is 1140. The van der Waals surface area contributed by atoms with Gasteiger partial charge in [0.2, 0.25) is 0 Å². The predicted molar refractivity (Wildman–Crippen MR) is 122 cm³/mol. The second-order valence-electron chi connectivity index (χ2n) is 9.76. The third-order valence-corrected chi connectivity index (χ3v) is 6.15. The first-order valence-electron chi connectivity index (χ1n) is 11.2. The molecule has 0 saturated carbocycles. The van der Waals surface area contributed by atoms with Crippen molar-refractivity contribution in [3.05, 3.63) is 71.7 Å². The van der Waals surface area contributed by atoms with Crippen LogP contribution >= 0.6 is 0 Å². The van der Waals surface area contributed by atoms with Gasteiger partial charge >= 0.3 is 6.09 Å². The summed E-state index contributed by atoms with van der Waals surface area (Å²) in [5.74, 6) is -0.245. The SMILES string of the molecule is CC(C)(C)OC(=O)N1Cc2c(-c3ccccc3)nnn2[C@@H]2CN(Cc3ccc(F)cc3)C[C@H]21. The lowest BCUT2D eigenvalue weighted by Gasteiger charge is -2.38. The number of aromatic nitrogens is 3. The van der Waals surface area contributed by atoms with Crippen LogP contribution in [0.2, 0.25) is 0 Å². The van der Waals surface area contributed by atoms with E-state index in [1.807, 2.05) is 60.7 Å². The number of benzene rings is 2. The maximum atomic E-state index is 13.3. The van der Waals surface area contributed by atoms with E-state index in [1.54, 1.807) is 12.1 Å². The second kappa shape index (κ2) is 8.26. The van der Waals surface area contributed by atoms with Gasteiger partial charge in [0.15, 0.2) is 0 Å². The van der Waals surface area contributed by atoms with E-state index in [2.05, 4.69) is 15.2 Å². The van der Waals surface area contributed by atoms with Crippen LogP contribution in [0.15, 0.2) is 54.6 Å². The molecule has 1 fully saturated rings. The zero-order valence-electron chi connectivity index (χ0n) is 19.1. The Kier molecular flexibility index (Phi) is 5.40. The van der Waals surface area contributed by atoms with Crippen molar-refractivity contribution in [2.45, 2.75) is 51.5 Å². The highest BCUT2D eigenvalue weighted by molar-refractivity contribution is 5.70. The maximum absolute atomic E-state index is 13.3. The number of amides is 1. The van der Waals surface area contributed by atoms with Gasteiger partial charge in [0.05, 0.1) is 24.3 Å². The Balaban J connectivity index is 1.47. The number of halogens is 1. The largest absolute Gasteiger partial charge is 0.444 e. The average Bonchev–Trinajstić information content (AvgIpc) is 3.38. The number of nitrogens with zero attached hydrogens (tertiary/aromatic N) is 5. The number of likely N-dealkylation sites (tertiary alicyclic amines) is 1. The summed E-state index contributed by atoms with van der Waals surface area (Å²) < 4.78 is 21.1. The van der Waals surface area contributed by atoms with E-state index in [9.17, 15) is 9.18 Å². The van der Waals surface area contributed by atoms with Crippen molar-refractivity contribution in [1.82, 2.24) is 24.8 Å². The molecule has 7 nitrogen and oxygen atoms in total. The molecule has 2 atom stereocenters. The highest BCUT2D eigenvalue weighted by atomic mass is 19.1. The van der Waals surface area contributed by atoms with E-state index < -0.39 is 5.60 Å². The predicted octanol–water partition coefficient (Wildman–Crippen LogP) is 4.26. The van der Waals surface area contributed by atoms with Gasteiger partial charge in [-0.1, -0.05) is 47.7 Å². The van der Waals surface area contributed by atoms with Gasteiger partial charge in [-0.3, -0.25) is 9.80 Å². The molecule has 2 aliphatic rings. The zero-order chi connectivity index (χ0) is 23.2. The third-order valence-electron chi connectivity index (χ3n) is 6.15. The van der Waals surface area contributed by atoms with Gasteiger partial charge in [-0.25, -0.2) is 13.9 Å². The van der Waals surface area contributed by atoms with Crippen LogP contribution in [0.5, 0.6) is 0 Å². The highest BCUT2D eigenvalue weighted by Crippen LogP contribution is 2.37. The van der Waals surface area contributed by atoms with Crippen molar-refractivity contribution < 1.29 is 13.9 Å². The first-order chi connectivity index (χ1) is 15.8. The molecule has 8 heteroatoms. The molecule has 2 aliphatic heterocycles. The Labute approximate surface area is 192 Å². The molecule has 33 heavy (non-hydrogen) atoms. The summed E-state index contributed by atoms with van der Waals surface area (Å²) >= 11 is 0. The van der Waals surface area contributed by atoms with Crippen LogP contribution in [0, 0.1) is 5.82 Å². The number of carbonyl (C=O) groups is 1. The lowest BCUT2D eigenvalue weighted by atomic mass is 10.0. The fourth-order valence-electron chi connectivity index (χ4n) is 4.72. The van der Waals surface area contributed by atoms with Crippen LogP contribution in [0.1, 0.15) is 38.1 Å². The molecule has 3 heterocycles. The molecule has 1 amide bonds. The van der Waals surface area contributed by atoms with Crippen LogP contribution in [-0.2, 0) is 17.8 Å². The van der Waals surface area contributed by atoms with E-state index in [0.717, 1.165) is 22.5 Å². The number of hydrogen-bond donors (Lipinski definition) is 0. The topological polar surface area (TPSA) is 63.5 Å². The van der Waals surface area contributed by atoms with Gasteiger partial charge in [-0.2, -0.15) is 0 Å². The number of hydrogen-bond acceptors (Lipinski definition) is 5. The Morgan fingerprint density at radius 1 is 1.06 bits per heavy atom. The molecule has 0 bridgehead atoms. The Hall–Kier alpha value is -3.26. The molecular formula is C25H28FN5O2. The van der Waals surface area contributed by atoms with Crippen molar-refractivity contribution in [3.8, 4) is 11.3 Å². The summed E-state index contributed by atoms with van der Waals surface area (Å²) in [7, 11) is 0. The number of carbonyl (C=O) groups excluding carboxylic acids is 1. The van der Waals surface area contributed by atoms with E-state index in [1.165, 1.54) is 12.1 Å². The summed E-state index contributed by atoms with van der Waals surface area (Å²) in [5, 5.41) is 9.00. The average molecular weight is 450 g/mol. The molecule has 3 aromatic rings. The molecule has 1 aromatic heterocycles. The molecule has 0 N–H and O–H groups in total. The molecule has 5 rings (SSSR count). The van der Waals surface area contributed by atoms with Gasteiger partial charge in [0, 0.05) is 25.2 Å². The minimum Gasteiger partial charge on any atom is -0.444 e.